The van der Waals surface area contributed by atoms with Crippen LogP contribution in [0.2, 0.25) is 0 Å². The first kappa shape index (κ1) is 6.02. The standard InChI is InChI=1S/C7H6.Sn/c1-7-5-3-2-4-6-7;/h1-6H;. The first-order valence-electron chi connectivity index (χ1n) is 2.49. The Kier molecular flexibility index (Phi) is 2.27. The molecule has 0 amide bonds. The van der Waals surface area contributed by atoms with Crippen LogP contribution in [0.5, 0.6) is 0 Å². The third-order valence-electron chi connectivity index (χ3n) is 0.966. The van der Waals surface area contributed by atoms with Crippen molar-refractivity contribution in [3.05, 3.63) is 35.9 Å². The third kappa shape index (κ3) is 1.44. The monoisotopic (exact) mass is 210 g/mol. The Balaban J connectivity index is 2.99. The van der Waals surface area contributed by atoms with E-state index < -0.39 is 0 Å². The van der Waals surface area contributed by atoms with Crippen molar-refractivity contribution >= 4 is 26.1 Å². The summed E-state index contributed by atoms with van der Waals surface area (Å²) in [6, 6.07) is 10.3. The van der Waals surface area contributed by atoms with Gasteiger partial charge in [0.15, 0.2) is 0 Å². The van der Waals surface area contributed by atoms with Gasteiger partial charge < -0.3 is 0 Å². The number of hydrogen-bond donors (Lipinski definition) is 0. The number of benzene rings is 1. The van der Waals surface area contributed by atoms with Gasteiger partial charge in [0.05, 0.1) is 0 Å². The number of rotatable bonds is 1. The van der Waals surface area contributed by atoms with Gasteiger partial charge in [0.2, 0.25) is 0 Å². The summed E-state index contributed by atoms with van der Waals surface area (Å²) in [5, 5.41) is 0. The molecule has 0 nitrogen and oxygen atoms in total. The molecule has 0 aliphatic rings. The summed E-state index contributed by atoms with van der Waals surface area (Å²) in [6.45, 7) is 0. The van der Waals surface area contributed by atoms with Gasteiger partial charge in [-0.3, -0.25) is 0 Å². The normalized spacial score (nSPS) is 8.50. The molecule has 0 atom stereocenters. The van der Waals surface area contributed by atoms with Gasteiger partial charge in [0.25, 0.3) is 0 Å². The van der Waals surface area contributed by atoms with Gasteiger partial charge in [-0.1, -0.05) is 0 Å². The molecule has 0 saturated heterocycles. The van der Waals surface area contributed by atoms with Crippen LogP contribution in [-0.4, -0.2) is 26.1 Å². The molecule has 0 spiro atoms. The van der Waals surface area contributed by atoms with Crippen LogP contribution >= 0.6 is 0 Å². The van der Waals surface area contributed by atoms with Crippen molar-refractivity contribution < 1.29 is 0 Å². The molecule has 0 heterocycles. The van der Waals surface area contributed by atoms with Crippen LogP contribution in [0.1, 0.15) is 5.56 Å². The minimum absolute atomic E-state index is 1.32. The van der Waals surface area contributed by atoms with Crippen molar-refractivity contribution in [3.8, 4) is 0 Å². The van der Waals surface area contributed by atoms with Gasteiger partial charge in [-0.15, -0.1) is 0 Å². The maximum absolute atomic E-state index is 2.17. The second-order valence-electron chi connectivity index (χ2n) is 1.56. The summed E-state index contributed by atoms with van der Waals surface area (Å²) in [4.78, 5) is 0. The molecule has 1 aromatic rings. The average Bonchev–Trinajstić information content (AvgIpc) is 1.90. The van der Waals surface area contributed by atoms with Crippen LogP contribution in [-0.2, 0) is 0 Å². The summed E-state index contributed by atoms with van der Waals surface area (Å²) in [7, 11) is 0. The van der Waals surface area contributed by atoms with E-state index in [-0.39, 0.29) is 0 Å². The molecule has 0 aliphatic heterocycles. The van der Waals surface area contributed by atoms with E-state index in [1.165, 1.54) is 27.6 Å². The molecule has 0 bridgehead atoms. The van der Waals surface area contributed by atoms with Crippen LogP contribution in [0.15, 0.2) is 30.3 Å². The van der Waals surface area contributed by atoms with Crippen molar-refractivity contribution in [2.45, 2.75) is 0 Å². The molecule has 8 heavy (non-hydrogen) atoms. The minimum atomic E-state index is 1.32. The van der Waals surface area contributed by atoms with E-state index in [1.807, 2.05) is 6.07 Å². The van der Waals surface area contributed by atoms with Crippen LogP contribution in [0.3, 0.4) is 0 Å². The molecule has 38 valence electrons. The van der Waals surface area contributed by atoms with Gasteiger partial charge in [-0.25, -0.2) is 0 Å². The predicted octanol–water partition coefficient (Wildman–Crippen LogP) is 1.01. The first-order chi connectivity index (χ1) is 3.93. The Morgan fingerprint density at radius 3 is 2.12 bits per heavy atom. The zero-order chi connectivity index (χ0) is 5.82. The van der Waals surface area contributed by atoms with E-state index in [1.54, 1.807) is 0 Å². The van der Waals surface area contributed by atoms with E-state index in [2.05, 4.69) is 28.3 Å². The fraction of sp³-hybridized carbons (Fsp3) is 0. The van der Waals surface area contributed by atoms with Crippen molar-refractivity contribution in [1.82, 2.24) is 0 Å². The molecule has 1 aromatic carbocycles. The fourth-order valence-corrected chi connectivity index (χ4v) is 1.10. The van der Waals surface area contributed by atoms with E-state index in [4.69, 9.17) is 0 Å². The summed E-state index contributed by atoms with van der Waals surface area (Å²) >= 11 is 1.46. The summed E-state index contributed by atoms with van der Waals surface area (Å²) < 4.78 is 2.17. The van der Waals surface area contributed by atoms with Gasteiger partial charge in [-0.2, -0.15) is 0 Å². The van der Waals surface area contributed by atoms with Crippen LogP contribution in [0, 0.1) is 0 Å². The fourth-order valence-electron chi connectivity index (χ4n) is 0.549. The first-order valence-corrected chi connectivity index (χ1v) is 4.14. The van der Waals surface area contributed by atoms with Crippen molar-refractivity contribution in [1.29, 1.82) is 0 Å². The molecule has 0 fully saturated rings. The quantitative estimate of drug-likeness (QED) is 0.605. The maximum atomic E-state index is 2.17. The van der Waals surface area contributed by atoms with Gasteiger partial charge in [0.1, 0.15) is 0 Å². The van der Waals surface area contributed by atoms with Crippen LogP contribution < -0.4 is 0 Å². The second kappa shape index (κ2) is 3.02. The zero-order valence-electron chi connectivity index (χ0n) is 4.46. The summed E-state index contributed by atoms with van der Waals surface area (Å²) in [5.74, 6) is 0. The van der Waals surface area contributed by atoms with Gasteiger partial charge in [-0.05, 0) is 0 Å². The van der Waals surface area contributed by atoms with Crippen molar-refractivity contribution in [2.75, 3.05) is 0 Å². The Hall–Kier alpha value is -0.111. The van der Waals surface area contributed by atoms with E-state index in [0.717, 1.165) is 0 Å². The van der Waals surface area contributed by atoms with Gasteiger partial charge in [0, 0.05) is 0 Å². The third-order valence-corrected chi connectivity index (χ3v) is 1.92. The topological polar surface area (TPSA) is 0 Å². The average molecular weight is 209 g/mol. The molecule has 0 aliphatic carbocycles. The molecule has 0 unspecified atom stereocenters. The Bertz CT molecular complexity index is 167. The molecule has 2 radical (unpaired) electrons. The van der Waals surface area contributed by atoms with E-state index in [0.29, 0.717) is 0 Å². The number of hydrogen-bond acceptors (Lipinski definition) is 0. The molecule has 1 rings (SSSR count). The Morgan fingerprint density at radius 1 is 1.12 bits per heavy atom. The van der Waals surface area contributed by atoms with Crippen LogP contribution in [0.4, 0.5) is 0 Å². The van der Waals surface area contributed by atoms with Crippen LogP contribution in [0.25, 0.3) is 0 Å². The SMILES string of the molecule is [Sn]=[CH]c1ccccc1. The predicted molar refractivity (Wildman–Crippen MR) is 37.4 cm³/mol. The summed E-state index contributed by atoms with van der Waals surface area (Å²) in [5.41, 5.74) is 1.32. The molecule has 0 N–H and O–H groups in total. The summed E-state index contributed by atoms with van der Waals surface area (Å²) in [6.07, 6.45) is 0. The molecular weight excluding hydrogens is 203 g/mol. The van der Waals surface area contributed by atoms with Crippen molar-refractivity contribution in [3.63, 3.8) is 0 Å². The second-order valence-corrected chi connectivity index (χ2v) is 2.38. The molecular formula is C7H6Sn. The van der Waals surface area contributed by atoms with E-state index >= 15 is 0 Å². The molecule has 1 heteroatoms. The molecule has 0 saturated carbocycles. The van der Waals surface area contributed by atoms with Gasteiger partial charge >= 0.3 is 62.0 Å². The van der Waals surface area contributed by atoms with Crippen molar-refractivity contribution in [2.24, 2.45) is 0 Å². The zero-order valence-corrected chi connectivity index (χ0v) is 7.32. The Labute approximate surface area is 62.1 Å². The Morgan fingerprint density at radius 2 is 1.75 bits per heavy atom. The van der Waals surface area contributed by atoms with E-state index in [9.17, 15) is 0 Å². The molecule has 0 aromatic heterocycles.